The van der Waals surface area contributed by atoms with Gasteiger partial charge in [0.15, 0.2) is 0 Å². The van der Waals surface area contributed by atoms with E-state index in [2.05, 4.69) is 79.8 Å². The van der Waals surface area contributed by atoms with Crippen LogP contribution in [0.4, 0.5) is 0 Å². The van der Waals surface area contributed by atoms with Crippen LogP contribution in [-0.2, 0) is 12.8 Å². The topological polar surface area (TPSA) is 0 Å². The number of benzene rings is 1. The number of hydrogen-bond acceptors (Lipinski definition) is 0. The van der Waals surface area contributed by atoms with Gasteiger partial charge in [-0.1, -0.05) is 92.6 Å². The molecule has 30 heavy (non-hydrogen) atoms. The summed E-state index contributed by atoms with van der Waals surface area (Å²) in [6, 6.07) is 9.50. The molecule has 0 saturated heterocycles. The monoisotopic (exact) mass is 394 g/mol. The van der Waals surface area contributed by atoms with Crippen LogP contribution < -0.4 is 0 Å². The Morgan fingerprint density at radius 1 is 0.833 bits per heavy atom. The van der Waals surface area contributed by atoms with Crippen LogP contribution >= 0.6 is 0 Å². The molecule has 1 aromatic rings. The molecule has 0 aliphatic heterocycles. The molecule has 1 unspecified atom stereocenters. The van der Waals surface area contributed by atoms with Crippen molar-refractivity contribution in [3.63, 3.8) is 0 Å². The van der Waals surface area contributed by atoms with Gasteiger partial charge in [0.05, 0.1) is 0 Å². The van der Waals surface area contributed by atoms with Crippen molar-refractivity contribution in [3.8, 4) is 0 Å². The molecular formula is C30H34. The Balaban J connectivity index is 1.27. The summed E-state index contributed by atoms with van der Waals surface area (Å²) < 4.78 is 0. The van der Waals surface area contributed by atoms with Gasteiger partial charge >= 0.3 is 0 Å². The number of fused-ring (bicyclic) bond motifs is 1. The van der Waals surface area contributed by atoms with Gasteiger partial charge in [0.25, 0.3) is 0 Å². The molecule has 0 aromatic heterocycles. The molecule has 4 aliphatic carbocycles. The van der Waals surface area contributed by atoms with Crippen molar-refractivity contribution in [3.05, 3.63) is 106 Å². The Kier molecular flexibility index (Phi) is 5.75. The second kappa shape index (κ2) is 8.80. The summed E-state index contributed by atoms with van der Waals surface area (Å²) in [7, 11) is 0. The first kappa shape index (κ1) is 19.6. The van der Waals surface area contributed by atoms with E-state index in [0.717, 1.165) is 18.3 Å². The average Bonchev–Trinajstić information content (AvgIpc) is 3.28. The van der Waals surface area contributed by atoms with E-state index in [9.17, 15) is 0 Å². The highest BCUT2D eigenvalue weighted by Crippen LogP contribution is 2.41. The van der Waals surface area contributed by atoms with Crippen LogP contribution in [0.15, 0.2) is 95.2 Å². The lowest BCUT2D eigenvalue weighted by Crippen LogP contribution is -2.14. The zero-order valence-electron chi connectivity index (χ0n) is 18.3. The largest absolute Gasteiger partial charge is 0.0836 e. The second-order valence-corrected chi connectivity index (χ2v) is 9.76. The maximum atomic E-state index is 2.41. The summed E-state index contributed by atoms with van der Waals surface area (Å²) in [4.78, 5) is 0. The van der Waals surface area contributed by atoms with Gasteiger partial charge < -0.3 is 0 Å². The van der Waals surface area contributed by atoms with Gasteiger partial charge in [0.2, 0.25) is 0 Å². The lowest BCUT2D eigenvalue weighted by molar-refractivity contribution is 0.289. The van der Waals surface area contributed by atoms with Crippen molar-refractivity contribution in [1.29, 1.82) is 0 Å². The molecule has 154 valence electrons. The Labute approximate surface area is 182 Å². The maximum Gasteiger partial charge on any atom is 0.0281 e. The molecule has 0 nitrogen and oxygen atoms in total. The molecule has 0 heteroatoms. The Hall–Kier alpha value is -2.34. The minimum atomic E-state index is 0.437. The molecule has 1 aromatic carbocycles. The summed E-state index contributed by atoms with van der Waals surface area (Å²) >= 11 is 0. The van der Waals surface area contributed by atoms with E-state index in [0.29, 0.717) is 5.92 Å². The third kappa shape index (κ3) is 4.24. The zero-order chi connectivity index (χ0) is 20.3. The van der Waals surface area contributed by atoms with Crippen molar-refractivity contribution in [1.82, 2.24) is 0 Å². The van der Waals surface area contributed by atoms with Crippen LogP contribution in [0, 0.1) is 17.8 Å². The summed E-state index contributed by atoms with van der Waals surface area (Å²) in [5.41, 5.74) is 8.81. The van der Waals surface area contributed by atoms with Gasteiger partial charge in [-0.25, -0.2) is 0 Å². The zero-order valence-corrected chi connectivity index (χ0v) is 18.3. The van der Waals surface area contributed by atoms with Gasteiger partial charge in [-0.15, -0.1) is 0 Å². The number of rotatable bonds is 5. The Morgan fingerprint density at radius 2 is 1.63 bits per heavy atom. The fraction of sp³-hybridized carbons (Fsp3) is 0.400. The number of hydrogen-bond donors (Lipinski definition) is 0. The molecule has 4 aliphatic rings. The molecule has 0 radical (unpaired) electrons. The SMILES string of the molecule is CC1CCC(Cc2ccc(CC3=CC=C(C4=CCCC=C4)C4C=CC=C34)cc2)CC1. The van der Waals surface area contributed by atoms with E-state index in [-0.39, 0.29) is 0 Å². The van der Waals surface area contributed by atoms with Crippen molar-refractivity contribution >= 4 is 0 Å². The van der Waals surface area contributed by atoms with E-state index >= 15 is 0 Å². The first-order valence-electron chi connectivity index (χ1n) is 12.0. The maximum absolute atomic E-state index is 2.41. The van der Waals surface area contributed by atoms with Crippen LogP contribution in [0.25, 0.3) is 0 Å². The van der Waals surface area contributed by atoms with Crippen LogP contribution in [0.3, 0.4) is 0 Å². The molecule has 1 saturated carbocycles. The summed E-state index contributed by atoms with van der Waals surface area (Å²) in [6.45, 7) is 2.41. The van der Waals surface area contributed by atoms with Gasteiger partial charge in [0, 0.05) is 5.92 Å². The minimum absolute atomic E-state index is 0.437. The highest BCUT2D eigenvalue weighted by atomic mass is 14.3. The van der Waals surface area contributed by atoms with E-state index in [1.807, 2.05) is 0 Å². The van der Waals surface area contributed by atoms with E-state index < -0.39 is 0 Å². The lowest BCUT2D eigenvalue weighted by Gasteiger charge is -2.26. The van der Waals surface area contributed by atoms with Gasteiger partial charge in [-0.2, -0.15) is 0 Å². The molecule has 0 amide bonds. The standard InChI is InChI=1S/C30H34/c1-22-10-12-23(13-11-22)20-24-14-16-25(17-15-24)21-27-18-19-29(26-6-3-2-4-7-26)30-9-5-8-28(27)30/h3,5-9,14-19,22-23,30H,2,4,10-13,20-21H2,1H3. The second-order valence-electron chi connectivity index (χ2n) is 9.76. The predicted molar refractivity (Wildman–Crippen MR) is 128 cm³/mol. The molecule has 5 rings (SSSR count). The minimum Gasteiger partial charge on any atom is -0.0836 e. The molecule has 0 heterocycles. The highest BCUT2D eigenvalue weighted by molar-refractivity contribution is 5.60. The van der Waals surface area contributed by atoms with Gasteiger partial charge in [-0.05, 0) is 83.8 Å². The van der Waals surface area contributed by atoms with Crippen molar-refractivity contribution < 1.29 is 0 Å². The van der Waals surface area contributed by atoms with Crippen molar-refractivity contribution in [2.24, 2.45) is 17.8 Å². The summed E-state index contributed by atoms with van der Waals surface area (Å²) in [5, 5.41) is 0. The smallest absolute Gasteiger partial charge is 0.0281 e. The fourth-order valence-corrected chi connectivity index (χ4v) is 5.59. The molecule has 0 N–H and O–H groups in total. The summed E-state index contributed by atoms with van der Waals surface area (Å²) in [5.74, 6) is 2.28. The van der Waals surface area contributed by atoms with Crippen LogP contribution in [-0.4, -0.2) is 0 Å². The third-order valence-electron chi connectivity index (χ3n) is 7.49. The molecule has 1 atom stereocenters. The molecular weight excluding hydrogens is 360 g/mol. The molecule has 0 bridgehead atoms. The quantitative estimate of drug-likeness (QED) is 0.477. The Morgan fingerprint density at radius 3 is 2.40 bits per heavy atom. The van der Waals surface area contributed by atoms with E-state index in [1.165, 1.54) is 78.4 Å². The number of allylic oxidation sites excluding steroid dienone is 12. The average molecular weight is 395 g/mol. The van der Waals surface area contributed by atoms with Gasteiger partial charge in [-0.3, -0.25) is 0 Å². The highest BCUT2D eigenvalue weighted by Gasteiger charge is 2.26. The van der Waals surface area contributed by atoms with Crippen LogP contribution in [0.2, 0.25) is 0 Å². The predicted octanol–water partition coefficient (Wildman–Crippen LogP) is 7.85. The first-order chi connectivity index (χ1) is 14.8. The van der Waals surface area contributed by atoms with E-state index in [1.54, 1.807) is 0 Å². The van der Waals surface area contributed by atoms with E-state index in [4.69, 9.17) is 0 Å². The van der Waals surface area contributed by atoms with Gasteiger partial charge in [0.1, 0.15) is 0 Å². The lowest BCUT2D eigenvalue weighted by atomic mass is 9.78. The normalized spacial score (nSPS) is 27.8. The summed E-state index contributed by atoms with van der Waals surface area (Å²) in [6.07, 6.45) is 29.0. The molecule has 0 spiro atoms. The van der Waals surface area contributed by atoms with Crippen LogP contribution in [0.5, 0.6) is 0 Å². The first-order valence-corrected chi connectivity index (χ1v) is 12.0. The van der Waals surface area contributed by atoms with Crippen LogP contribution in [0.1, 0.15) is 56.6 Å². The van der Waals surface area contributed by atoms with Crippen molar-refractivity contribution in [2.45, 2.75) is 58.3 Å². The fourth-order valence-electron chi connectivity index (χ4n) is 5.59. The molecule has 1 fully saturated rings. The Bertz CT molecular complexity index is 950. The van der Waals surface area contributed by atoms with Crippen molar-refractivity contribution in [2.75, 3.05) is 0 Å². The third-order valence-corrected chi connectivity index (χ3v) is 7.49.